The number of alkyl halides is 1. The Balaban J connectivity index is 1.60. The summed E-state index contributed by atoms with van der Waals surface area (Å²) in [6.07, 6.45) is 1.38. The van der Waals surface area contributed by atoms with Gasteiger partial charge in [0.05, 0.1) is 29.6 Å². The molecule has 3 aromatic heterocycles. The van der Waals surface area contributed by atoms with Crippen molar-refractivity contribution in [3.05, 3.63) is 24.5 Å². The lowest BCUT2D eigenvalue weighted by atomic mass is 10.1. The summed E-state index contributed by atoms with van der Waals surface area (Å²) < 4.78 is 15.8. The fraction of sp³-hybridized carbons (Fsp3) is 0.476. The first-order valence-corrected chi connectivity index (χ1v) is 10.6. The van der Waals surface area contributed by atoms with Gasteiger partial charge in [-0.25, -0.2) is 14.4 Å². The molecule has 0 aliphatic carbocycles. The van der Waals surface area contributed by atoms with E-state index in [-0.39, 0.29) is 18.6 Å². The van der Waals surface area contributed by atoms with Crippen molar-refractivity contribution in [2.24, 2.45) is 0 Å². The number of hydrogen-bond acceptors (Lipinski definition) is 9. The highest BCUT2D eigenvalue weighted by molar-refractivity contribution is 5.91. The number of anilines is 4. The molecule has 3 N–H and O–H groups in total. The molecule has 0 aromatic carbocycles. The number of piperidine rings is 1. The number of aliphatic hydroxyl groups excluding tert-OH is 1. The third-order valence-electron chi connectivity index (χ3n) is 5.32. The molecule has 1 saturated heterocycles. The van der Waals surface area contributed by atoms with Gasteiger partial charge in [0.25, 0.3) is 0 Å². The van der Waals surface area contributed by atoms with Crippen molar-refractivity contribution in [1.82, 2.24) is 24.7 Å². The summed E-state index contributed by atoms with van der Waals surface area (Å²) in [6.45, 7) is 6.37. The summed E-state index contributed by atoms with van der Waals surface area (Å²) in [6, 6.07) is 5.46. The molecule has 1 aliphatic rings. The number of fused-ring (bicyclic) bond motifs is 1. The molecular formula is C21H26FN9O. The molecule has 0 spiro atoms. The number of nitrogens with one attached hydrogen (secondary N) is 2. The van der Waals surface area contributed by atoms with E-state index in [2.05, 4.69) is 36.8 Å². The van der Waals surface area contributed by atoms with Gasteiger partial charge in [0.15, 0.2) is 5.82 Å². The molecule has 0 amide bonds. The molecule has 1 aliphatic heterocycles. The van der Waals surface area contributed by atoms with Crippen LogP contribution >= 0.6 is 0 Å². The SMILES string of the molecule is CC(C#N)Nc1nn(C(C)C)c2cc(Nc3ccnc(N4CCC(O)C(F)C4)n3)ncc12. The van der Waals surface area contributed by atoms with Gasteiger partial charge in [0, 0.05) is 31.0 Å². The van der Waals surface area contributed by atoms with Crippen molar-refractivity contribution < 1.29 is 9.50 Å². The largest absolute Gasteiger partial charge is 0.390 e. The van der Waals surface area contributed by atoms with E-state index in [1.807, 2.05) is 24.6 Å². The first-order chi connectivity index (χ1) is 15.4. The monoisotopic (exact) mass is 439 g/mol. The van der Waals surface area contributed by atoms with Crippen LogP contribution in [0.1, 0.15) is 33.2 Å². The molecular weight excluding hydrogens is 413 g/mol. The zero-order valence-corrected chi connectivity index (χ0v) is 18.2. The molecule has 10 nitrogen and oxygen atoms in total. The normalized spacial score (nSPS) is 19.7. The van der Waals surface area contributed by atoms with Crippen LogP contribution in [-0.4, -0.2) is 61.2 Å². The average molecular weight is 439 g/mol. The smallest absolute Gasteiger partial charge is 0.227 e. The van der Waals surface area contributed by atoms with Crippen molar-refractivity contribution in [1.29, 1.82) is 5.26 Å². The minimum atomic E-state index is -1.32. The van der Waals surface area contributed by atoms with Crippen LogP contribution in [0.15, 0.2) is 24.5 Å². The quantitative estimate of drug-likeness (QED) is 0.531. The van der Waals surface area contributed by atoms with Crippen molar-refractivity contribution in [2.45, 2.75) is 51.6 Å². The van der Waals surface area contributed by atoms with Crippen LogP contribution in [-0.2, 0) is 0 Å². The standard InChI is InChI=1S/C21H26FN9O/c1-12(2)31-16-8-19(25-10-14(16)20(29-31)26-13(3)9-23)27-18-4-6-24-21(28-18)30-7-5-17(32)15(22)11-30/h4,6,8,10,12-13,15,17,32H,5,7,11H2,1-3H3,(H,26,29)(H,24,25,27,28). The van der Waals surface area contributed by atoms with Gasteiger partial charge < -0.3 is 20.6 Å². The molecule has 11 heteroatoms. The molecule has 0 saturated carbocycles. The van der Waals surface area contributed by atoms with Crippen molar-refractivity contribution in [3.63, 3.8) is 0 Å². The van der Waals surface area contributed by atoms with Crippen LogP contribution in [0, 0.1) is 11.3 Å². The van der Waals surface area contributed by atoms with Crippen LogP contribution in [0.2, 0.25) is 0 Å². The molecule has 32 heavy (non-hydrogen) atoms. The van der Waals surface area contributed by atoms with Crippen LogP contribution in [0.5, 0.6) is 0 Å². The topological polar surface area (TPSA) is 128 Å². The number of nitrogens with zero attached hydrogens (tertiary/aromatic N) is 7. The van der Waals surface area contributed by atoms with E-state index in [0.717, 1.165) is 10.9 Å². The second kappa shape index (κ2) is 8.92. The summed E-state index contributed by atoms with van der Waals surface area (Å²) in [5.41, 5.74) is 0.865. The Labute approximate surface area is 185 Å². The number of aromatic nitrogens is 5. The maximum atomic E-state index is 13.9. The van der Waals surface area contributed by atoms with E-state index >= 15 is 0 Å². The van der Waals surface area contributed by atoms with Gasteiger partial charge >= 0.3 is 0 Å². The molecule has 4 heterocycles. The Hall–Kier alpha value is -3.52. The number of aliphatic hydroxyl groups is 1. The summed E-state index contributed by atoms with van der Waals surface area (Å²) in [4.78, 5) is 14.9. The summed E-state index contributed by atoms with van der Waals surface area (Å²) in [5.74, 6) is 2.10. The fourth-order valence-corrected chi connectivity index (χ4v) is 3.61. The van der Waals surface area contributed by atoms with Gasteiger partial charge in [-0.2, -0.15) is 15.3 Å². The van der Waals surface area contributed by atoms with Gasteiger partial charge in [-0.15, -0.1) is 0 Å². The summed E-state index contributed by atoms with van der Waals surface area (Å²) in [5, 5.41) is 30.4. The Morgan fingerprint density at radius 3 is 2.81 bits per heavy atom. The zero-order chi connectivity index (χ0) is 22.8. The van der Waals surface area contributed by atoms with Crippen molar-refractivity contribution >= 4 is 34.3 Å². The van der Waals surface area contributed by atoms with Crippen molar-refractivity contribution in [2.75, 3.05) is 28.6 Å². The molecule has 3 aromatic rings. The summed E-state index contributed by atoms with van der Waals surface area (Å²) >= 11 is 0. The van der Waals surface area contributed by atoms with Crippen LogP contribution < -0.4 is 15.5 Å². The third-order valence-corrected chi connectivity index (χ3v) is 5.32. The van der Waals surface area contributed by atoms with E-state index in [4.69, 9.17) is 5.26 Å². The molecule has 0 radical (unpaired) electrons. The van der Waals surface area contributed by atoms with Gasteiger partial charge in [-0.1, -0.05) is 0 Å². The molecule has 168 valence electrons. The van der Waals surface area contributed by atoms with Crippen LogP contribution in [0.4, 0.5) is 27.8 Å². The Kier molecular flexibility index (Phi) is 6.05. The zero-order valence-electron chi connectivity index (χ0n) is 18.2. The van der Waals surface area contributed by atoms with Crippen LogP contribution in [0.3, 0.4) is 0 Å². The van der Waals surface area contributed by atoms with E-state index in [1.54, 1.807) is 30.3 Å². The van der Waals surface area contributed by atoms with Gasteiger partial charge in [-0.3, -0.25) is 4.68 Å². The first-order valence-electron chi connectivity index (χ1n) is 10.6. The highest BCUT2D eigenvalue weighted by Crippen LogP contribution is 2.28. The Morgan fingerprint density at radius 2 is 2.09 bits per heavy atom. The number of pyridine rings is 1. The second-order valence-corrected chi connectivity index (χ2v) is 8.15. The number of rotatable bonds is 6. The van der Waals surface area contributed by atoms with Crippen molar-refractivity contribution in [3.8, 4) is 6.07 Å². The summed E-state index contributed by atoms with van der Waals surface area (Å²) in [7, 11) is 0. The molecule has 3 atom stereocenters. The molecule has 4 rings (SSSR count). The highest BCUT2D eigenvalue weighted by atomic mass is 19.1. The maximum absolute atomic E-state index is 13.9. The van der Waals surface area contributed by atoms with Gasteiger partial charge in [0.1, 0.15) is 23.8 Å². The number of nitriles is 1. The predicted octanol–water partition coefficient (Wildman–Crippen LogP) is 2.78. The van der Waals surface area contributed by atoms with E-state index < -0.39 is 12.3 Å². The first kappa shape index (κ1) is 21.7. The van der Waals surface area contributed by atoms with Crippen LogP contribution in [0.25, 0.3) is 10.9 Å². The number of halogens is 1. The lowest BCUT2D eigenvalue weighted by molar-refractivity contribution is 0.0612. The lowest BCUT2D eigenvalue weighted by Gasteiger charge is -2.32. The highest BCUT2D eigenvalue weighted by Gasteiger charge is 2.28. The predicted molar refractivity (Wildman–Crippen MR) is 120 cm³/mol. The molecule has 3 unspecified atom stereocenters. The fourth-order valence-electron chi connectivity index (χ4n) is 3.61. The Morgan fingerprint density at radius 1 is 1.28 bits per heavy atom. The van der Waals surface area contributed by atoms with Gasteiger partial charge in [0.2, 0.25) is 5.95 Å². The molecule has 1 fully saturated rings. The molecule has 0 bridgehead atoms. The lowest BCUT2D eigenvalue weighted by Crippen LogP contribution is -2.45. The minimum Gasteiger partial charge on any atom is -0.390 e. The van der Waals surface area contributed by atoms with E-state index in [1.165, 1.54) is 0 Å². The number of hydrogen-bond donors (Lipinski definition) is 3. The van der Waals surface area contributed by atoms with Gasteiger partial charge in [-0.05, 0) is 33.3 Å². The minimum absolute atomic E-state index is 0.0549. The maximum Gasteiger partial charge on any atom is 0.227 e. The van der Waals surface area contributed by atoms with E-state index in [0.29, 0.717) is 36.4 Å². The van der Waals surface area contributed by atoms with E-state index in [9.17, 15) is 9.50 Å². The second-order valence-electron chi connectivity index (χ2n) is 8.15. The Bertz CT molecular complexity index is 1140. The third kappa shape index (κ3) is 4.40. The average Bonchev–Trinajstić information content (AvgIpc) is 3.13.